The van der Waals surface area contributed by atoms with Crippen molar-refractivity contribution in [1.29, 1.82) is 0 Å². The molecule has 3 nitrogen and oxygen atoms in total. The molecule has 0 aliphatic carbocycles. The molecule has 2 aromatic heterocycles. The summed E-state index contributed by atoms with van der Waals surface area (Å²) in [7, 11) is 0. The predicted octanol–water partition coefficient (Wildman–Crippen LogP) is 4.00. The Balaban J connectivity index is 2.16. The lowest BCUT2D eigenvalue weighted by Gasteiger charge is -2.17. The number of hydrogen-bond acceptors (Lipinski definition) is 6. The molecule has 2 atom stereocenters. The summed E-state index contributed by atoms with van der Waals surface area (Å²) in [5.41, 5.74) is 6.06. The van der Waals surface area contributed by atoms with E-state index in [1.54, 1.807) is 23.1 Å². The zero-order chi connectivity index (χ0) is 13.1. The fourth-order valence-electron chi connectivity index (χ4n) is 1.44. The van der Waals surface area contributed by atoms with Gasteiger partial charge >= 0.3 is 0 Å². The van der Waals surface area contributed by atoms with Crippen LogP contribution in [0.2, 0.25) is 4.34 Å². The number of rotatable bonds is 5. The van der Waals surface area contributed by atoms with Crippen LogP contribution >= 0.6 is 46.2 Å². The second-order valence-corrected chi connectivity index (χ2v) is 7.76. The van der Waals surface area contributed by atoms with E-state index in [2.05, 4.69) is 16.3 Å². The van der Waals surface area contributed by atoms with Crippen molar-refractivity contribution in [3.63, 3.8) is 0 Å². The molecular weight excluding hydrogens is 306 g/mol. The minimum atomic E-state index is 0.0405. The SMILES string of the molecule is CCc1nsc(SC(c2ccc(Cl)s2)C(C)N)n1. The van der Waals surface area contributed by atoms with Crippen LogP contribution in [0.25, 0.3) is 0 Å². The smallest absolute Gasteiger partial charge is 0.170 e. The first kappa shape index (κ1) is 14.3. The Morgan fingerprint density at radius 1 is 1.50 bits per heavy atom. The minimum absolute atomic E-state index is 0.0405. The van der Waals surface area contributed by atoms with Crippen LogP contribution in [-0.4, -0.2) is 15.4 Å². The van der Waals surface area contributed by atoms with Gasteiger partial charge in [-0.3, -0.25) is 0 Å². The lowest BCUT2D eigenvalue weighted by Crippen LogP contribution is -2.21. The van der Waals surface area contributed by atoms with E-state index in [1.807, 2.05) is 19.1 Å². The molecule has 0 aliphatic heterocycles. The van der Waals surface area contributed by atoms with Crippen LogP contribution in [0.5, 0.6) is 0 Å². The summed E-state index contributed by atoms with van der Waals surface area (Å²) < 4.78 is 6.06. The van der Waals surface area contributed by atoms with Gasteiger partial charge < -0.3 is 5.73 Å². The number of thiophene rings is 1. The molecule has 7 heteroatoms. The van der Waals surface area contributed by atoms with Gasteiger partial charge in [0.2, 0.25) is 0 Å². The van der Waals surface area contributed by atoms with Crippen molar-refractivity contribution in [1.82, 2.24) is 9.36 Å². The van der Waals surface area contributed by atoms with Gasteiger partial charge in [0.1, 0.15) is 5.82 Å². The fraction of sp³-hybridized carbons (Fsp3) is 0.455. The maximum absolute atomic E-state index is 6.06. The van der Waals surface area contributed by atoms with Gasteiger partial charge in [0.25, 0.3) is 0 Å². The van der Waals surface area contributed by atoms with Crippen molar-refractivity contribution >= 4 is 46.2 Å². The lowest BCUT2D eigenvalue weighted by atomic mass is 10.2. The van der Waals surface area contributed by atoms with Crippen LogP contribution < -0.4 is 5.73 Å². The largest absolute Gasteiger partial charge is 0.327 e. The maximum atomic E-state index is 6.06. The summed E-state index contributed by atoms with van der Waals surface area (Å²) in [6.07, 6.45) is 0.866. The Bertz CT molecular complexity index is 509. The molecule has 0 fully saturated rings. The molecule has 18 heavy (non-hydrogen) atoms. The average Bonchev–Trinajstić information content (AvgIpc) is 2.94. The van der Waals surface area contributed by atoms with E-state index in [1.165, 1.54) is 16.4 Å². The molecule has 98 valence electrons. The molecule has 0 amide bonds. The van der Waals surface area contributed by atoms with E-state index < -0.39 is 0 Å². The molecule has 0 aromatic carbocycles. The van der Waals surface area contributed by atoms with Crippen LogP contribution in [0.15, 0.2) is 16.5 Å². The van der Waals surface area contributed by atoms with Crippen LogP contribution in [0.4, 0.5) is 0 Å². The third-order valence-electron chi connectivity index (χ3n) is 2.35. The molecule has 0 aliphatic rings. The second kappa shape index (κ2) is 6.34. The highest BCUT2D eigenvalue weighted by atomic mass is 35.5. The van der Waals surface area contributed by atoms with E-state index in [9.17, 15) is 0 Å². The fourth-order valence-corrected chi connectivity index (χ4v) is 4.77. The van der Waals surface area contributed by atoms with Crippen LogP contribution in [0, 0.1) is 0 Å². The first-order valence-corrected chi connectivity index (χ1v) is 8.45. The Morgan fingerprint density at radius 3 is 2.78 bits per heavy atom. The Hall–Kier alpha value is -0.140. The molecule has 2 N–H and O–H groups in total. The van der Waals surface area contributed by atoms with Crippen LogP contribution in [0.1, 0.15) is 29.8 Å². The molecule has 2 rings (SSSR count). The van der Waals surface area contributed by atoms with Crippen molar-refractivity contribution in [2.45, 2.75) is 35.9 Å². The monoisotopic (exact) mass is 319 g/mol. The third-order valence-corrected chi connectivity index (χ3v) is 6.10. The van der Waals surface area contributed by atoms with Gasteiger partial charge in [-0.1, -0.05) is 30.3 Å². The van der Waals surface area contributed by atoms with Gasteiger partial charge in [0.05, 0.1) is 9.59 Å². The van der Waals surface area contributed by atoms with E-state index in [0.717, 1.165) is 20.9 Å². The molecule has 0 saturated carbocycles. The quantitative estimate of drug-likeness (QED) is 0.846. The van der Waals surface area contributed by atoms with E-state index in [0.29, 0.717) is 0 Å². The topological polar surface area (TPSA) is 51.8 Å². The summed E-state index contributed by atoms with van der Waals surface area (Å²) >= 11 is 10.7. The molecule has 2 aromatic rings. The molecular formula is C11H14ClN3S3. The maximum Gasteiger partial charge on any atom is 0.170 e. The highest BCUT2D eigenvalue weighted by Crippen LogP contribution is 2.41. The number of hydrogen-bond donors (Lipinski definition) is 1. The van der Waals surface area contributed by atoms with Crippen LogP contribution in [-0.2, 0) is 6.42 Å². The van der Waals surface area contributed by atoms with E-state index in [4.69, 9.17) is 17.3 Å². The summed E-state index contributed by atoms with van der Waals surface area (Å²) in [4.78, 5) is 5.66. The highest BCUT2D eigenvalue weighted by Gasteiger charge is 2.21. The van der Waals surface area contributed by atoms with Gasteiger partial charge in [-0.2, -0.15) is 4.37 Å². The van der Waals surface area contributed by atoms with Crippen molar-refractivity contribution in [3.8, 4) is 0 Å². The van der Waals surface area contributed by atoms with Gasteiger partial charge in [-0.15, -0.1) is 11.3 Å². The summed E-state index contributed by atoms with van der Waals surface area (Å²) in [6, 6.07) is 3.99. The van der Waals surface area contributed by atoms with Crippen molar-refractivity contribution in [2.75, 3.05) is 0 Å². The molecule has 2 unspecified atom stereocenters. The van der Waals surface area contributed by atoms with Crippen molar-refractivity contribution < 1.29 is 0 Å². The number of thioether (sulfide) groups is 1. The zero-order valence-corrected chi connectivity index (χ0v) is 13.3. The summed E-state index contributed by atoms with van der Waals surface area (Å²) in [6.45, 7) is 4.06. The average molecular weight is 320 g/mol. The molecule has 0 saturated heterocycles. The number of nitrogens with zero attached hydrogens (tertiary/aromatic N) is 2. The number of aryl methyl sites for hydroxylation is 1. The third kappa shape index (κ3) is 3.45. The zero-order valence-electron chi connectivity index (χ0n) is 10.1. The minimum Gasteiger partial charge on any atom is -0.327 e. The van der Waals surface area contributed by atoms with Crippen LogP contribution in [0.3, 0.4) is 0 Å². The lowest BCUT2D eigenvalue weighted by molar-refractivity contribution is 0.729. The normalized spacial score (nSPS) is 14.7. The molecule has 0 spiro atoms. The highest BCUT2D eigenvalue weighted by molar-refractivity contribution is 8.01. The number of halogens is 1. The Kier molecular flexibility index (Phi) is 5.03. The standard InChI is InChI=1S/C11H14ClN3S3/c1-3-9-14-11(18-15-9)17-10(6(2)13)7-4-5-8(12)16-7/h4-6,10H,3,13H2,1-2H3. The first-order chi connectivity index (χ1) is 8.60. The molecule has 0 radical (unpaired) electrons. The summed E-state index contributed by atoms with van der Waals surface area (Å²) in [5, 5.41) is 0.181. The van der Waals surface area contributed by atoms with Crippen molar-refractivity contribution in [2.24, 2.45) is 5.73 Å². The van der Waals surface area contributed by atoms with Gasteiger partial charge in [0, 0.05) is 17.3 Å². The predicted molar refractivity (Wildman–Crippen MR) is 80.9 cm³/mol. The number of nitrogens with two attached hydrogens (primary N) is 1. The van der Waals surface area contributed by atoms with Crippen molar-refractivity contribution in [3.05, 3.63) is 27.2 Å². The first-order valence-electron chi connectivity index (χ1n) is 5.60. The number of aromatic nitrogens is 2. The Morgan fingerprint density at radius 2 is 2.28 bits per heavy atom. The summed E-state index contributed by atoms with van der Waals surface area (Å²) in [5.74, 6) is 0.898. The second-order valence-electron chi connectivity index (χ2n) is 3.87. The van der Waals surface area contributed by atoms with Gasteiger partial charge in [0.15, 0.2) is 4.34 Å². The van der Waals surface area contributed by atoms with Gasteiger partial charge in [-0.25, -0.2) is 4.98 Å². The molecule has 0 bridgehead atoms. The van der Waals surface area contributed by atoms with E-state index in [-0.39, 0.29) is 11.3 Å². The van der Waals surface area contributed by atoms with E-state index >= 15 is 0 Å². The molecule has 2 heterocycles. The van der Waals surface area contributed by atoms with Gasteiger partial charge in [-0.05, 0) is 30.6 Å². The Labute approximate surface area is 124 Å².